The van der Waals surface area contributed by atoms with Crippen molar-refractivity contribution < 1.29 is 4.79 Å². The maximum Gasteiger partial charge on any atom is 0.195 e. The van der Waals surface area contributed by atoms with Gasteiger partial charge in [-0.1, -0.05) is 61.6 Å². The number of carbonyl (C=O) groups excluding carboxylic acids is 1. The lowest BCUT2D eigenvalue weighted by atomic mass is 10.0. The molecule has 0 aliphatic rings. The lowest BCUT2D eigenvalue weighted by Gasteiger charge is -2.22. The molecule has 1 N–H and O–H groups in total. The minimum Gasteiger partial charge on any atom is -0.410 e. The van der Waals surface area contributed by atoms with Crippen LogP contribution in [-0.2, 0) is 0 Å². The van der Waals surface area contributed by atoms with Crippen LogP contribution in [-0.4, -0.2) is 14.0 Å². The summed E-state index contributed by atoms with van der Waals surface area (Å²) in [4.78, 5) is 16.1. The molecular formula is C16H18ClNOSi. The summed E-state index contributed by atoms with van der Waals surface area (Å²) >= 11 is 6.05. The van der Waals surface area contributed by atoms with E-state index in [1.807, 2.05) is 42.5 Å². The van der Waals surface area contributed by atoms with Crippen molar-refractivity contribution in [1.82, 2.24) is 0 Å². The zero-order chi connectivity index (χ0) is 14.8. The average Bonchev–Trinajstić information content (AvgIpc) is 2.39. The number of hydrogen-bond donors (Lipinski definition) is 1. The van der Waals surface area contributed by atoms with Gasteiger partial charge in [0.15, 0.2) is 5.78 Å². The fourth-order valence-electron chi connectivity index (χ4n) is 1.96. The normalized spacial score (nSPS) is 11.2. The first-order valence-electron chi connectivity index (χ1n) is 6.54. The Bertz CT molecular complexity index is 620. The second-order valence-electron chi connectivity index (χ2n) is 5.76. The molecule has 4 heteroatoms. The van der Waals surface area contributed by atoms with Crippen molar-refractivity contribution >= 4 is 31.3 Å². The van der Waals surface area contributed by atoms with Gasteiger partial charge in [-0.15, -0.1) is 0 Å². The Balaban J connectivity index is 2.44. The van der Waals surface area contributed by atoms with E-state index >= 15 is 0 Å². The van der Waals surface area contributed by atoms with Gasteiger partial charge in [0.05, 0.1) is 0 Å². The molecule has 0 saturated carbocycles. The number of nitrogens with one attached hydrogen (secondary N) is 1. The van der Waals surface area contributed by atoms with Crippen LogP contribution in [0.5, 0.6) is 0 Å². The van der Waals surface area contributed by atoms with Crippen molar-refractivity contribution in [2.75, 3.05) is 4.98 Å². The van der Waals surface area contributed by atoms with Gasteiger partial charge >= 0.3 is 0 Å². The highest BCUT2D eigenvalue weighted by Gasteiger charge is 2.19. The number of hydrogen-bond acceptors (Lipinski definition) is 2. The van der Waals surface area contributed by atoms with Gasteiger partial charge in [0.25, 0.3) is 0 Å². The third-order valence-electron chi connectivity index (χ3n) is 2.77. The topological polar surface area (TPSA) is 29.1 Å². The maximum atomic E-state index is 12.6. The van der Waals surface area contributed by atoms with E-state index in [1.54, 1.807) is 6.07 Å². The second kappa shape index (κ2) is 5.81. The molecule has 0 aromatic heterocycles. The van der Waals surface area contributed by atoms with Crippen LogP contribution >= 0.6 is 11.6 Å². The molecule has 0 heterocycles. The second-order valence-corrected chi connectivity index (χ2v) is 10.9. The number of anilines is 1. The van der Waals surface area contributed by atoms with Crippen molar-refractivity contribution in [2.45, 2.75) is 19.6 Å². The van der Waals surface area contributed by atoms with E-state index in [9.17, 15) is 4.79 Å². The summed E-state index contributed by atoms with van der Waals surface area (Å²) in [7, 11) is -1.54. The minimum absolute atomic E-state index is 0.00569. The first kappa shape index (κ1) is 14.8. The van der Waals surface area contributed by atoms with Crippen LogP contribution in [0.2, 0.25) is 24.7 Å². The molecule has 0 fully saturated rings. The molecule has 0 bridgehead atoms. The Labute approximate surface area is 125 Å². The molecule has 0 amide bonds. The average molecular weight is 304 g/mol. The van der Waals surface area contributed by atoms with E-state index in [4.69, 9.17) is 11.6 Å². The molecule has 104 valence electrons. The monoisotopic (exact) mass is 303 g/mol. The van der Waals surface area contributed by atoms with Gasteiger partial charge in [0, 0.05) is 21.8 Å². The number of benzene rings is 2. The highest BCUT2D eigenvalue weighted by Crippen LogP contribution is 2.25. The molecule has 2 rings (SSSR count). The summed E-state index contributed by atoms with van der Waals surface area (Å²) in [6.45, 7) is 6.58. The van der Waals surface area contributed by atoms with Crippen molar-refractivity contribution in [3.05, 3.63) is 64.7 Å². The highest BCUT2D eigenvalue weighted by atomic mass is 35.5. The molecule has 0 aliphatic carbocycles. The van der Waals surface area contributed by atoms with E-state index in [-0.39, 0.29) is 5.78 Å². The molecule has 0 aliphatic heterocycles. The molecule has 0 spiro atoms. The minimum atomic E-state index is -1.54. The van der Waals surface area contributed by atoms with Crippen LogP contribution in [0.1, 0.15) is 15.9 Å². The van der Waals surface area contributed by atoms with Crippen LogP contribution in [0.3, 0.4) is 0 Å². The van der Waals surface area contributed by atoms with Gasteiger partial charge in [-0.3, -0.25) is 4.79 Å². The molecule has 0 radical (unpaired) electrons. The Morgan fingerprint density at radius 2 is 1.70 bits per heavy atom. The zero-order valence-corrected chi connectivity index (χ0v) is 13.7. The standard InChI is InChI=1S/C16H18ClNOSi/c1-20(2,3)18-15-10-9-13(17)11-14(15)16(19)12-7-5-4-6-8-12/h4-11,18H,1-3H3. The summed E-state index contributed by atoms with van der Waals surface area (Å²) in [6, 6.07) is 14.7. The fraction of sp³-hybridized carbons (Fsp3) is 0.188. The molecule has 2 aromatic rings. The number of halogens is 1. The van der Waals surface area contributed by atoms with Gasteiger partial charge in [-0.05, 0) is 18.2 Å². The van der Waals surface area contributed by atoms with Gasteiger partial charge in [-0.2, -0.15) is 0 Å². The Kier molecular flexibility index (Phi) is 4.31. The first-order valence-corrected chi connectivity index (χ1v) is 10.4. The molecule has 0 unspecified atom stereocenters. The van der Waals surface area contributed by atoms with E-state index < -0.39 is 8.24 Å². The van der Waals surface area contributed by atoms with Crippen molar-refractivity contribution in [3.63, 3.8) is 0 Å². The Morgan fingerprint density at radius 3 is 2.30 bits per heavy atom. The number of carbonyl (C=O) groups is 1. The van der Waals surface area contributed by atoms with E-state index in [1.165, 1.54) is 0 Å². The first-order chi connectivity index (χ1) is 9.37. The summed E-state index contributed by atoms with van der Waals surface area (Å²) in [6.07, 6.45) is 0. The Morgan fingerprint density at radius 1 is 1.05 bits per heavy atom. The van der Waals surface area contributed by atoms with Crippen LogP contribution < -0.4 is 4.98 Å². The number of rotatable bonds is 4. The Hall–Kier alpha value is -1.58. The lowest BCUT2D eigenvalue weighted by Crippen LogP contribution is -2.33. The quantitative estimate of drug-likeness (QED) is 0.648. The third kappa shape index (κ3) is 3.71. The third-order valence-corrected chi connectivity index (χ3v) is 4.03. The molecule has 2 aromatic carbocycles. The predicted molar refractivity (Wildman–Crippen MR) is 88.3 cm³/mol. The SMILES string of the molecule is C[Si](C)(C)Nc1ccc(Cl)cc1C(=O)c1ccccc1. The summed E-state index contributed by atoms with van der Waals surface area (Å²) in [5, 5.41) is 0.574. The zero-order valence-electron chi connectivity index (χ0n) is 11.9. The van der Waals surface area contributed by atoms with Crippen molar-refractivity contribution in [2.24, 2.45) is 0 Å². The summed E-state index contributed by atoms with van der Waals surface area (Å²) < 4.78 is 0. The fourth-order valence-corrected chi connectivity index (χ4v) is 3.16. The lowest BCUT2D eigenvalue weighted by molar-refractivity contribution is 0.103. The molecule has 0 atom stereocenters. The van der Waals surface area contributed by atoms with E-state index in [0.717, 1.165) is 5.69 Å². The van der Waals surface area contributed by atoms with Crippen LogP contribution in [0.4, 0.5) is 5.69 Å². The highest BCUT2D eigenvalue weighted by molar-refractivity contribution is 6.79. The van der Waals surface area contributed by atoms with Crippen LogP contribution in [0, 0.1) is 0 Å². The van der Waals surface area contributed by atoms with Gasteiger partial charge in [0.1, 0.15) is 8.24 Å². The van der Waals surface area contributed by atoms with Crippen molar-refractivity contribution in [1.29, 1.82) is 0 Å². The maximum absolute atomic E-state index is 12.6. The molecule has 0 saturated heterocycles. The van der Waals surface area contributed by atoms with E-state index in [2.05, 4.69) is 24.6 Å². The van der Waals surface area contributed by atoms with Gasteiger partial charge in [-0.25, -0.2) is 0 Å². The largest absolute Gasteiger partial charge is 0.410 e. The molecule has 2 nitrogen and oxygen atoms in total. The van der Waals surface area contributed by atoms with Crippen LogP contribution in [0.25, 0.3) is 0 Å². The predicted octanol–water partition coefficient (Wildman–Crippen LogP) is 4.82. The number of ketones is 1. The summed E-state index contributed by atoms with van der Waals surface area (Å²) in [5.74, 6) is -0.00569. The summed E-state index contributed by atoms with van der Waals surface area (Å²) in [5.41, 5.74) is 2.17. The van der Waals surface area contributed by atoms with Crippen LogP contribution in [0.15, 0.2) is 48.5 Å². The van der Waals surface area contributed by atoms with Gasteiger partial charge in [0.2, 0.25) is 0 Å². The molecule has 20 heavy (non-hydrogen) atoms. The molecular weight excluding hydrogens is 286 g/mol. The van der Waals surface area contributed by atoms with E-state index in [0.29, 0.717) is 16.1 Å². The smallest absolute Gasteiger partial charge is 0.195 e. The van der Waals surface area contributed by atoms with Crippen molar-refractivity contribution in [3.8, 4) is 0 Å². The van der Waals surface area contributed by atoms with Gasteiger partial charge < -0.3 is 4.98 Å².